The van der Waals surface area contributed by atoms with Gasteiger partial charge >= 0.3 is 12.1 Å². The van der Waals surface area contributed by atoms with Gasteiger partial charge < -0.3 is 5.32 Å². The normalized spacial score (nSPS) is 14.5. The third-order valence-electron chi connectivity index (χ3n) is 2.98. The molecule has 114 valence electrons. The Hall–Kier alpha value is -2.25. The van der Waals surface area contributed by atoms with E-state index in [0.717, 1.165) is 12.8 Å². The zero-order valence-corrected chi connectivity index (χ0v) is 11.2. The van der Waals surface area contributed by atoms with Gasteiger partial charge in [0.1, 0.15) is 0 Å². The van der Waals surface area contributed by atoms with Crippen molar-refractivity contribution in [3.63, 3.8) is 0 Å². The molecule has 1 aliphatic carbocycles. The van der Waals surface area contributed by atoms with Crippen LogP contribution in [0.5, 0.6) is 0 Å². The average Bonchev–Trinajstić information content (AvgIpc) is 3.20. The largest absolute Gasteiger partial charge is 0.472 e. The van der Waals surface area contributed by atoms with Gasteiger partial charge in [-0.25, -0.2) is 0 Å². The van der Waals surface area contributed by atoms with Crippen LogP contribution in [0.1, 0.15) is 28.8 Å². The lowest BCUT2D eigenvalue weighted by atomic mass is 10.1. The SMILES string of the molecule is Cc1ccc(C(=O)NC2CC2)cc1NNC(=O)C(F)(F)F. The number of hydrogen-bond donors (Lipinski definition) is 3. The Morgan fingerprint density at radius 3 is 2.48 bits per heavy atom. The van der Waals surface area contributed by atoms with Gasteiger partial charge in [-0.05, 0) is 37.5 Å². The Morgan fingerprint density at radius 1 is 1.24 bits per heavy atom. The van der Waals surface area contributed by atoms with E-state index in [-0.39, 0.29) is 17.6 Å². The number of hydrogen-bond acceptors (Lipinski definition) is 3. The van der Waals surface area contributed by atoms with Gasteiger partial charge in [0.05, 0.1) is 5.69 Å². The minimum Gasteiger partial charge on any atom is -0.349 e. The third-order valence-corrected chi connectivity index (χ3v) is 2.98. The van der Waals surface area contributed by atoms with Crippen LogP contribution in [-0.2, 0) is 4.79 Å². The van der Waals surface area contributed by atoms with E-state index < -0.39 is 12.1 Å². The van der Waals surface area contributed by atoms with Crippen LogP contribution in [0.25, 0.3) is 0 Å². The molecule has 5 nitrogen and oxygen atoms in total. The lowest BCUT2D eigenvalue weighted by Crippen LogP contribution is -2.40. The fourth-order valence-corrected chi connectivity index (χ4v) is 1.59. The lowest BCUT2D eigenvalue weighted by Gasteiger charge is -2.13. The van der Waals surface area contributed by atoms with Crippen LogP contribution < -0.4 is 16.2 Å². The van der Waals surface area contributed by atoms with E-state index >= 15 is 0 Å². The first kappa shape index (κ1) is 15.1. The van der Waals surface area contributed by atoms with Gasteiger partial charge in [-0.3, -0.25) is 20.4 Å². The maximum atomic E-state index is 12.1. The number of alkyl halides is 3. The summed E-state index contributed by atoms with van der Waals surface area (Å²) in [7, 11) is 0. The van der Waals surface area contributed by atoms with Crippen molar-refractivity contribution in [2.75, 3.05) is 5.43 Å². The Kier molecular flexibility index (Phi) is 4.06. The van der Waals surface area contributed by atoms with E-state index in [0.29, 0.717) is 11.1 Å². The molecule has 21 heavy (non-hydrogen) atoms. The molecular formula is C13H14F3N3O2. The van der Waals surface area contributed by atoms with E-state index in [4.69, 9.17) is 0 Å². The summed E-state index contributed by atoms with van der Waals surface area (Å²) in [6.45, 7) is 1.64. The first-order valence-electron chi connectivity index (χ1n) is 6.32. The molecule has 0 saturated heterocycles. The van der Waals surface area contributed by atoms with E-state index in [1.165, 1.54) is 6.07 Å². The van der Waals surface area contributed by atoms with Crippen LogP contribution in [0.15, 0.2) is 18.2 Å². The second-order valence-electron chi connectivity index (χ2n) is 4.85. The Balaban J connectivity index is 2.04. The Morgan fingerprint density at radius 2 is 1.90 bits per heavy atom. The van der Waals surface area contributed by atoms with Crippen LogP contribution in [0.3, 0.4) is 0 Å². The molecular weight excluding hydrogens is 287 g/mol. The quantitative estimate of drug-likeness (QED) is 0.744. The monoisotopic (exact) mass is 301 g/mol. The second-order valence-corrected chi connectivity index (χ2v) is 4.85. The minimum absolute atomic E-state index is 0.181. The number of carbonyl (C=O) groups is 2. The number of nitrogens with one attached hydrogen (secondary N) is 3. The van der Waals surface area contributed by atoms with Crippen LogP contribution in [0.2, 0.25) is 0 Å². The fourth-order valence-electron chi connectivity index (χ4n) is 1.59. The Labute approximate surface area is 118 Å². The summed E-state index contributed by atoms with van der Waals surface area (Å²) in [6, 6.07) is 4.73. The molecule has 0 aliphatic heterocycles. The van der Waals surface area contributed by atoms with E-state index in [1.807, 2.05) is 0 Å². The summed E-state index contributed by atoms with van der Waals surface area (Å²) in [4.78, 5) is 22.6. The van der Waals surface area contributed by atoms with Crippen molar-refractivity contribution >= 4 is 17.5 Å². The third kappa shape index (κ3) is 4.11. The van der Waals surface area contributed by atoms with E-state index in [2.05, 4.69) is 10.7 Å². The maximum Gasteiger partial charge on any atom is 0.472 e. The lowest BCUT2D eigenvalue weighted by molar-refractivity contribution is -0.173. The van der Waals surface area contributed by atoms with Gasteiger partial charge in [0.2, 0.25) is 0 Å². The summed E-state index contributed by atoms with van der Waals surface area (Å²) in [6.07, 6.45) is -3.10. The highest BCUT2D eigenvalue weighted by Gasteiger charge is 2.38. The number of amides is 2. The minimum atomic E-state index is -4.97. The number of halogens is 3. The number of anilines is 1. The molecule has 0 atom stereocenters. The summed E-state index contributed by atoms with van der Waals surface area (Å²) >= 11 is 0. The molecule has 0 unspecified atom stereocenters. The van der Waals surface area contributed by atoms with Crippen LogP contribution in [0, 0.1) is 6.92 Å². The molecule has 1 aliphatic rings. The molecule has 8 heteroatoms. The molecule has 1 saturated carbocycles. The van der Waals surface area contributed by atoms with Gasteiger partial charge in [-0.2, -0.15) is 13.2 Å². The number of aryl methyl sites for hydroxylation is 1. The first-order chi connectivity index (χ1) is 9.77. The number of hydrazine groups is 1. The van der Waals surface area contributed by atoms with Gasteiger partial charge in [0.25, 0.3) is 5.91 Å². The van der Waals surface area contributed by atoms with Crippen molar-refractivity contribution in [3.8, 4) is 0 Å². The van der Waals surface area contributed by atoms with Crippen molar-refractivity contribution in [2.24, 2.45) is 0 Å². The van der Waals surface area contributed by atoms with Crippen molar-refractivity contribution in [1.29, 1.82) is 0 Å². The standard InChI is InChI=1S/C13H14F3N3O2/c1-7-2-3-8(11(20)17-9-4-5-9)6-10(7)18-19-12(21)13(14,15)16/h2-3,6,9,18H,4-5H2,1H3,(H,17,20)(H,19,21). The van der Waals surface area contributed by atoms with E-state index in [1.54, 1.807) is 24.5 Å². The molecule has 2 amide bonds. The number of benzene rings is 1. The van der Waals surface area contributed by atoms with Gasteiger partial charge in [-0.15, -0.1) is 0 Å². The molecule has 0 heterocycles. The molecule has 3 N–H and O–H groups in total. The predicted molar refractivity (Wildman–Crippen MR) is 69.5 cm³/mol. The van der Waals surface area contributed by atoms with Crippen LogP contribution >= 0.6 is 0 Å². The average molecular weight is 301 g/mol. The molecule has 1 fully saturated rings. The zero-order valence-electron chi connectivity index (χ0n) is 11.2. The fraction of sp³-hybridized carbons (Fsp3) is 0.385. The van der Waals surface area contributed by atoms with E-state index in [9.17, 15) is 22.8 Å². The van der Waals surface area contributed by atoms with Crippen molar-refractivity contribution in [3.05, 3.63) is 29.3 Å². The Bertz CT molecular complexity index is 568. The van der Waals surface area contributed by atoms with Crippen LogP contribution in [-0.4, -0.2) is 24.0 Å². The molecule has 1 aromatic rings. The number of carbonyl (C=O) groups excluding carboxylic acids is 2. The molecule has 0 aromatic heterocycles. The summed E-state index contributed by atoms with van der Waals surface area (Å²) in [5.41, 5.74) is 4.88. The van der Waals surface area contributed by atoms with Crippen molar-refractivity contribution in [1.82, 2.24) is 10.7 Å². The zero-order chi connectivity index (χ0) is 15.6. The highest BCUT2D eigenvalue weighted by molar-refractivity contribution is 5.95. The van der Waals surface area contributed by atoms with Gasteiger partial charge in [-0.1, -0.05) is 6.07 Å². The highest BCUT2D eigenvalue weighted by atomic mass is 19.4. The van der Waals surface area contributed by atoms with Crippen molar-refractivity contribution < 1.29 is 22.8 Å². The number of rotatable bonds is 4. The highest BCUT2D eigenvalue weighted by Crippen LogP contribution is 2.21. The van der Waals surface area contributed by atoms with Gasteiger partial charge in [0, 0.05) is 11.6 Å². The second kappa shape index (κ2) is 5.63. The maximum absolute atomic E-state index is 12.1. The summed E-state index contributed by atoms with van der Waals surface area (Å²) in [5.74, 6) is -2.39. The topological polar surface area (TPSA) is 70.2 Å². The summed E-state index contributed by atoms with van der Waals surface area (Å²) in [5, 5.41) is 2.77. The molecule has 1 aromatic carbocycles. The molecule has 0 radical (unpaired) electrons. The first-order valence-corrected chi connectivity index (χ1v) is 6.32. The van der Waals surface area contributed by atoms with Gasteiger partial charge in [0.15, 0.2) is 0 Å². The smallest absolute Gasteiger partial charge is 0.349 e. The molecule has 2 rings (SSSR count). The van der Waals surface area contributed by atoms with Crippen molar-refractivity contribution in [2.45, 2.75) is 32.0 Å². The predicted octanol–water partition coefficient (Wildman–Crippen LogP) is 1.89. The van der Waals surface area contributed by atoms with Crippen LogP contribution in [0.4, 0.5) is 18.9 Å². The molecule has 0 spiro atoms. The summed E-state index contributed by atoms with van der Waals surface area (Å²) < 4.78 is 36.3. The molecule has 0 bridgehead atoms.